The predicted octanol–water partition coefficient (Wildman–Crippen LogP) is 2.92. The van der Waals surface area contributed by atoms with Crippen molar-refractivity contribution >= 4 is 22.9 Å². The van der Waals surface area contributed by atoms with Gasteiger partial charge < -0.3 is 0 Å². The predicted molar refractivity (Wildman–Crippen MR) is 60.0 cm³/mol. The Morgan fingerprint density at radius 3 is 2.53 bits per heavy atom. The summed E-state index contributed by atoms with van der Waals surface area (Å²) >= 11 is 5.13. The number of halogens is 1. The first-order chi connectivity index (χ1) is 7.22. The number of benzene rings is 1. The quantitative estimate of drug-likeness (QED) is 0.338. The molecule has 0 aliphatic carbocycles. The van der Waals surface area contributed by atoms with E-state index >= 15 is 0 Å². The molecule has 0 fully saturated rings. The summed E-state index contributed by atoms with van der Waals surface area (Å²) in [6.45, 7) is 0. The Morgan fingerprint density at radius 2 is 2.00 bits per heavy atom. The van der Waals surface area contributed by atoms with Gasteiger partial charge >= 0.3 is 0 Å². The molecule has 0 aliphatic rings. The molecule has 0 unspecified atom stereocenters. The van der Waals surface area contributed by atoms with Gasteiger partial charge in [-0.25, -0.2) is 0 Å². The van der Waals surface area contributed by atoms with Crippen LogP contribution in [-0.2, 0) is 4.79 Å². The number of nitrogens with zero attached hydrogens (tertiary/aromatic N) is 1. The van der Waals surface area contributed by atoms with Gasteiger partial charge in [0.05, 0.1) is 11.6 Å². The first-order valence-electron chi connectivity index (χ1n) is 4.27. The van der Waals surface area contributed by atoms with E-state index in [1.807, 2.05) is 36.4 Å². The zero-order valence-corrected chi connectivity index (χ0v) is 8.61. The molecule has 0 saturated heterocycles. The fourth-order valence-corrected chi connectivity index (χ4v) is 1.11. The van der Waals surface area contributed by atoms with Crippen LogP contribution >= 0.6 is 11.6 Å². The van der Waals surface area contributed by atoms with Crippen molar-refractivity contribution in [2.24, 2.45) is 0 Å². The van der Waals surface area contributed by atoms with Gasteiger partial charge in [0.15, 0.2) is 0 Å². The fraction of sp³-hybridized carbons (Fsp3) is 0. The zero-order valence-electron chi connectivity index (χ0n) is 7.85. The van der Waals surface area contributed by atoms with E-state index in [9.17, 15) is 4.79 Å². The monoisotopic (exact) mass is 217 g/mol. The summed E-state index contributed by atoms with van der Waals surface area (Å²) in [5.74, 6) is 0. The molecule has 1 aromatic rings. The van der Waals surface area contributed by atoms with E-state index in [1.54, 1.807) is 12.2 Å². The lowest BCUT2D eigenvalue weighted by Gasteiger charge is -1.90. The highest BCUT2D eigenvalue weighted by Gasteiger charge is 1.93. The van der Waals surface area contributed by atoms with Crippen LogP contribution < -0.4 is 0 Å². The van der Waals surface area contributed by atoms with Gasteiger partial charge in [0, 0.05) is 6.08 Å². The highest BCUT2D eigenvalue weighted by atomic mass is 35.5. The topological polar surface area (TPSA) is 40.9 Å². The Morgan fingerprint density at radius 1 is 1.33 bits per heavy atom. The summed E-state index contributed by atoms with van der Waals surface area (Å²) in [5, 5.41) is 8.02. The minimum Gasteiger partial charge on any atom is -0.276 e. The van der Waals surface area contributed by atoms with Crippen molar-refractivity contribution in [3.63, 3.8) is 0 Å². The van der Waals surface area contributed by atoms with Crippen LogP contribution in [0.3, 0.4) is 0 Å². The Balaban J connectivity index is 2.82. The number of carbonyl (C=O) groups excluding carboxylic acids is 1. The minimum absolute atomic E-state index is 0.235. The zero-order chi connectivity index (χ0) is 11.1. The van der Waals surface area contributed by atoms with Gasteiger partial charge in [-0.3, -0.25) is 4.79 Å². The summed E-state index contributed by atoms with van der Waals surface area (Å²) in [5.41, 5.74) is 1.19. The van der Waals surface area contributed by atoms with Gasteiger partial charge in [0.25, 0.3) is 0 Å². The highest BCUT2D eigenvalue weighted by Crippen LogP contribution is 2.05. The van der Waals surface area contributed by atoms with Crippen molar-refractivity contribution in [2.45, 2.75) is 0 Å². The molecule has 74 valence electrons. The summed E-state index contributed by atoms with van der Waals surface area (Å²) in [4.78, 5) is 10.5. The van der Waals surface area contributed by atoms with E-state index in [4.69, 9.17) is 16.9 Å². The van der Waals surface area contributed by atoms with Crippen LogP contribution in [-0.4, -0.2) is 5.24 Å². The number of hydrogen-bond donors (Lipinski definition) is 0. The molecular formula is C12H8ClNO. The molecule has 2 nitrogen and oxygen atoms in total. The van der Waals surface area contributed by atoms with Crippen LogP contribution in [0.5, 0.6) is 0 Å². The largest absolute Gasteiger partial charge is 0.276 e. The molecule has 0 aliphatic heterocycles. The summed E-state index contributed by atoms with van der Waals surface area (Å²) in [7, 11) is 0. The molecule has 0 aromatic heterocycles. The normalized spacial score (nSPS) is 11.3. The molecule has 0 radical (unpaired) electrons. The van der Waals surface area contributed by atoms with Crippen LogP contribution in [0.2, 0.25) is 0 Å². The Labute approximate surface area is 93.1 Å². The minimum atomic E-state index is -0.649. The molecular weight excluding hydrogens is 210 g/mol. The molecule has 0 heterocycles. The number of nitriles is 1. The van der Waals surface area contributed by atoms with E-state index in [-0.39, 0.29) is 5.57 Å². The average Bonchev–Trinajstić information content (AvgIpc) is 2.25. The van der Waals surface area contributed by atoms with Crippen molar-refractivity contribution in [3.05, 3.63) is 53.6 Å². The van der Waals surface area contributed by atoms with Gasteiger partial charge in [-0.2, -0.15) is 5.26 Å². The van der Waals surface area contributed by atoms with Gasteiger partial charge in [-0.15, -0.1) is 0 Å². The molecule has 3 heteroatoms. The van der Waals surface area contributed by atoms with Crippen molar-refractivity contribution < 1.29 is 4.79 Å². The second kappa shape index (κ2) is 5.79. The lowest BCUT2D eigenvalue weighted by atomic mass is 10.1. The van der Waals surface area contributed by atoms with E-state index in [1.165, 1.54) is 0 Å². The standard InChI is InChI=1S/C12H8ClNO/c13-12(15)8-11(9-14)7-6-10-4-2-1-3-5-10/h1-8H/b7-6+,11-8-. The number of hydrogen-bond acceptors (Lipinski definition) is 2. The fourth-order valence-electron chi connectivity index (χ4n) is 0.990. The van der Waals surface area contributed by atoms with Gasteiger partial charge in [-0.05, 0) is 23.2 Å². The van der Waals surface area contributed by atoms with Crippen LogP contribution in [0, 0.1) is 11.3 Å². The maximum Gasteiger partial charge on any atom is 0.246 e. The average molecular weight is 218 g/mol. The third-order valence-electron chi connectivity index (χ3n) is 1.65. The highest BCUT2D eigenvalue weighted by molar-refractivity contribution is 6.66. The molecule has 0 bridgehead atoms. The molecule has 0 N–H and O–H groups in total. The molecule has 0 atom stereocenters. The van der Waals surface area contributed by atoms with Gasteiger partial charge in [0.2, 0.25) is 5.24 Å². The number of rotatable bonds is 3. The summed E-state index contributed by atoms with van der Waals surface area (Å²) < 4.78 is 0. The SMILES string of the molecule is N#CC(=C\C(=O)Cl)/C=C/c1ccccc1. The number of allylic oxidation sites excluding steroid dienone is 3. The molecule has 0 spiro atoms. The smallest absolute Gasteiger partial charge is 0.246 e. The van der Waals surface area contributed by atoms with Gasteiger partial charge in [-0.1, -0.05) is 36.4 Å². The second-order valence-corrected chi connectivity index (χ2v) is 3.13. The van der Waals surface area contributed by atoms with Gasteiger partial charge in [0.1, 0.15) is 0 Å². The van der Waals surface area contributed by atoms with E-state index < -0.39 is 5.24 Å². The molecule has 15 heavy (non-hydrogen) atoms. The molecule has 1 rings (SSSR count). The van der Waals surface area contributed by atoms with Crippen LogP contribution in [0.1, 0.15) is 5.56 Å². The lowest BCUT2D eigenvalue weighted by molar-refractivity contribution is -0.107. The van der Waals surface area contributed by atoms with Crippen LogP contribution in [0.25, 0.3) is 6.08 Å². The van der Waals surface area contributed by atoms with Crippen molar-refractivity contribution in [3.8, 4) is 6.07 Å². The van der Waals surface area contributed by atoms with Crippen molar-refractivity contribution in [1.29, 1.82) is 5.26 Å². The third-order valence-corrected chi connectivity index (χ3v) is 1.76. The van der Waals surface area contributed by atoms with E-state index in [0.717, 1.165) is 11.6 Å². The second-order valence-electron chi connectivity index (χ2n) is 2.76. The Hall–Kier alpha value is -1.85. The maximum absolute atomic E-state index is 10.5. The van der Waals surface area contributed by atoms with Crippen molar-refractivity contribution in [1.82, 2.24) is 0 Å². The maximum atomic E-state index is 10.5. The Bertz CT molecular complexity index is 440. The van der Waals surface area contributed by atoms with E-state index in [2.05, 4.69) is 0 Å². The Kier molecular flexibility index (Phi) is 4.33. The van der Waals surface area contributed by atoms with Crippen LogP contribution in [0.4, 0.5) is 0 Å². The summed E-state index contributed by atoms with van der Waals surface area (Å²) in [6, 6.07) is 11.4. The molecule has 0 amide bonds. The van der Waals surface area contributed by atoms with Crippen molar-refractivity contribution in [2.75, 3.05) is 0 Å². The third kappa shape index (κ3) is 4.26. The first-order valence-corrected chi connectivity index (χ1v) is 4.64. The molecule has 1 aromatic carbocycles. The van der Waals surface area contributed by atoms with Crippen LogP contribution in [0.15, 0.2) is 48.1 Å². The summed E-state index contributed by atoms with van der Waals surface area (Å²) in [6.07, 6.45) is 4.38. The lowest BCUT2D eigenvalue weighted by Crippen LogP contribution is -1.80. The number of carbonyl (C=O) groups is 1. The van der Waals surface area contributed by atoms with E-state index in [0.29, 0.717) is 0 Å². The first kappa shape index (κ1) is 11.2. The molecule has 0 saturated carbocycles.